The predicted molar refractivity (Wildman–Crippen MR) is 51.5 cm³/mol. The van der Waals surface area contributed by atoms with Crippen molar-refractivity contribution in [3.05, 3.63) is 0 Å². The van der Waals surface area contributed by atoms with Gasteiger partial charge in [-0.1, -0.05) is 0 Å². The fraction of sp³-hybridized carbons (Fsp3) is 0.625. The third-order valence-corrected chi connectivity index (χ3v) is 3.78. The Kier molecular flexibility index (Phi) is 5.84. The summed E-state index contributed by atoms with van der Waals surface area (Å²) in [6.07, 6.45) is -1.93. The number of carboxylic acids is 2. The van der Waals surface area contributed by atoms with Crippen LogP contribution < -0.4 is 10.2 Å². The Labute approximate surface area is 97.3 Å². The van der Waals surface area contributed by atoms with Crippen molar-refractivity contribution in [2.45, 2.75) is 6.42 Å². The molecule has 0 saturated heterocycles. The molecule has 0 aromatic rings. The van der Waals surface area contributed by atoms with Gasteiger partial charge in [-0.25, -0.2) is 0 Å². The van der Waals surface area contributed by atoms with E-state index in [1.54, 1.807) is 0 Å². The zero-order chi connectivity index (χ0) is 13.6. The Morgan fingerprint density at radius 1 is 1.47 bits per heavy atom. The van der Waals surface area contributed by atoms with Crippen LogP contribution in [0.2, 0.25) is 0 Å². The Bertz CT molecular complexity index is 356. The number of carbonyl (C=O) groups excluding carboxylic acids is 3. The van der Waals surface area contributed by atoms with Gasteiger partial charge in [-0.3, -0.25) is 9.36 Å². The number of amides is 1. The van der Waals surface area contributed by atoms with Crippen molar-refractivity contribution in [1.29, 1.82) is 0 Å². The van der Waals surface area contributed by atoms with Crippen LogP contribution in [0.5, 0.6) is 0 Å². The van der Waals surface area contributed by atoms with Crippen LogP contribution in [-0.2, 0) is 18.9 Å². The lowest BCUT2D eigenvalue weighted by molar-refractivity contribution is -0.319. The molecular formula is C8H12NO7P-2. The summed E-state index contributed by atoms with van der Waals surface area (Å²) in [6.45, 7) is 0. The molecule has 8 nitrogen and oxygen atoms in total. The van der Waals surface area contributed by atoms with Crippen LogP contribution in [0.4, 0.5) is 0 Å². The zero-order valence-corrected chi connectivity index (χ0v) is 9.96. The normalized spacial score (nSPS) is 15.6. The maximum atomic E-state index is 11.5. The van der Waals surface area contributed by atoms with Crippen LogP contribution in [0.25, 0.3) is 0 Å². The molecule has 0 aromatic heterocycles. The average molecular weight is 265 g/mol. The number of rotatable bonds is 8. The second-order valence-electron chi connectivity index (χ2n) is 3.62. The fourth-order valence-corrected chi connectivity index (χ4v) is 3.05. The molecule has 0 radical (unpaired) electrons. The first-order valence-electron chi connectivity index (χ1n) is 4.55. The molecule has 0 aliphatic carbocycles. The third kappa shape index (κ3) is 6.70. The quantitative estimate of drug-likeness (QED) is 0.360. The molecular weight excluding hydrogens is 253 g/mol. The van der Waals surface area contributed by atoms with Gasteiger partial charge in [-0.2, -0.15) is 0 Å². The van der Waals surface area contributed by atoms with Crippen LogP contribution in [0.1, 0.15) is 6.42 Å². The molecule has 0 fully saturated rings. The number of aliphatic carboxylic acids is 2. The zero-order valence-electron chi connectivity index (χ0n) is 9.07. The maximum absolute atomic E-state index is 11.5. The SMILES string of the molecule is CN(C=O)CP(=O)(O)C[C@@H](CC(=O)[O-])C(=O)[O-]. The molecule has 0 bridgehead atoms. The van der Waals surface area contributed by atoms with E-state index in [0.29, 0.717) is 6.41 Å². The van der Waals surface area contributed by atoms with E-state index >= 15 is 0 Å². The van der Waals surface area contributed by atoms with Gasteiger partial charge in [0, 0.05) is 31.1 Å². The highest BCUT2D eigenvalue weighted by Gasteiger charge is 2.26. The van der Waals surface area contributed by atoms with Crippen molar-refractivity contribution < 1.29 is 34.1 Å². The van der Waals surface area contributed by atoms with Gasteiger partial charge in [-0.05, 0) is 6.42 Å². The highest BCUT2D eigenvalue weighted by molar-refractivity contribution is 7.58. The van der Waals surface area contributed by atoms with Crippen molar-refractivity contribution >= 4 is 25.7 Å². The van der Waals surface area contributed by atoms with E-state index in [4.69, 9.17) is 0 Å². The van der Waals surface area contributed by atoms with Gasteiger partial charge in [0.05, 0.1) is 6.29 Å². The molecule has 0 spiro atoms. The lowest BCUT2D eigenvalue weighted by atomic mass is 10.1. The molecule has 1 N–H and O–H groups in total. The third-order valence-electron chi connectivity index (χ3n) is 1.88. The lowest BCUT2D eigenvalue weighted by Crippen LogP contribution is -2.38. The smallest absolute Gasteiger partial charge is 0.220 e. The lowest BCUT2D eigenvalue weighted by Gasteiger charge is -2.23. The molecule has 98 valence electrons. The van der Waals surface area contributed by atoms with Crippen LogP contribution in [0.3, 0.4) is 0 Å². The summed E-state index contributed by atoms with van der Waals surface area (Å²) in [5.41, 5.74) is 0. The van der Waals surface area contributed by atoms with Gasteiger partial charge in [0.1, 0.15) is 0 Å². The predicted octanol–water partition coefficient (Wildman–Crippen LogP) is -3.19. The van der Waals surface area contributed by atoms with E-state index in [0.717, 1.165) is 4.90 Å². The minimum Gasteiger partial charge on any atom is -0.550 e. The standard InChI is InChI=1S/C8H14NO7P/c1-9(4-10)5-17(15,16)3-6(8(13)14)2-7(11)12/h4,6H,2-3,5H2,1H3,(H,11,12)(H,13,14)(H,15,16)/p-2/t6-/m1/s1. The van der Waals surface area contributed by atoms with Crippen molar-refractivity contribution in [3.8, 4) is 0 Å². The van der Waals surface area contributed by atoms with E-state index in [-0.39, 0.29) is 0 Å². The van der Waals surface area contributed by atoms with Gasteiger partial charge in [0.15, 0.2) is 0 Å². The first kappa shape index (κ1) is 15.6. The van der Waals surface area contributed by atoms with E-state index in [9.17, 15) is 34.1 Å². The van der Waals surface area contributed by atoms with Gasteiger partial charge in [0.25, 0.3) is 0 Å². The monoisotopic (exact) mass is 265 g/mol. The highest BCUT2D eigenvalue weighted by Crippen LogP contribution is 2.43. The minimum atomic E-state index is -3.95. The van der Waals surface area contributed by atoms with Gasteiger partial charge < -0.3 is 29.6 Å². The van der Waals surface area contributed by atoms with E-state index < -0.39 is 44.1 Å². The van der Waals surface area contributed by atoms with Gasteiger partial charge in [-0.15, -0.1) is 0 Å². The van der Waals surface area contributed by atoms with Crippen LogP contribution >= 0.6 is 7.37 Å². The van der Waals surface area contributed by atoms with E-state index in [2.05, 4.69) is 0 Å². The van der Waals surface area contributed by atoms with Crippen molar-refractivity contribution in [2.75, 3.05) is 19.5 Å². The number of carbonyl (C=O) groups is 3. The number of hydrogen-bond acceptors (Lipinski definition) is 6. The molecule has 0 rings (SSSR count). The molecule has 1 amide bonds. The largest absolute Gasteiger partial charge is 0.550 e. The van der Waals surface area contributed by atoms with Gasteiger partial charge >= 0.3 is 0 Å². The Hall–Kier alpha value is -1.40. The summed E-state index contributed by atoms with van der Waals surface area (Å²) < 4.78 is 11.5. The topological polar surface area (TPSA) is 138 Å². The molecule has 17 heavy (non-hydrogen) atoms. The van der Waals surface area contributed by atoms with Gasteiger partial charge in [0.2, 0.25) is 13.8 Å². The molecule has 0 heterocycles. The van der Waals surface area contributed by atoms with E-state index in [1.807, 2.05) is 0 Å². The first-order chi connectivity index (χ1) is 7.68. The molecule has 0 aliphatic heterocycles. The van der Waals surface area contributed by atoms with Crippen LogP contribution in [-0.4, -0.2) is 47.6 Å². The fourth-order valence-electron chi connectivity index (χ4n) is 1.21. The van der Waals surface area contributed by atoms with Crippen molar-refractivity contribution in [2.24, 2.45) is 5.92 Å². The molecule has 0 aliphatic rings. The molecule has 9 heteroatoms. The average Bonchev–Trinajstić information content (AvgIpc) is 2.14. The second-order valence-corrected chi connectivity index (χ2v) is 5.97. The number of nitrogens with zero attached hydrogens (tertiary/aromatic N) is 1. The summed E-state index contributed by atoms with van der Waals surface area (Å²) in [5.74, 6) is -5.00. The summed E-state index contributed by atoms with van der Waals surface area (Å²) in [6, 6.07) is 0. The van der Waals surface area contributed by atoms with Crippen molar-refractivity contribution in [1.82, 2.24) is 4.90 Å². The summed E-state index contributed by atoms with van der Waals surface area (Å²) >= 11 is 0. The van der Waals surface area contributed by atoms with Crippen molar-refractivity contribution in [3.63, 3.8) is 0 Å². The molecule has 2 atom stereocenters. The Morgan fingerprint density at radius 2 is 2.00 bits per heavy atom. The van der Waals surface area contributed by atoms with E-state index in [1.165, 1.54) is 7.05 Å². The summed E-state index contributed by atoms with van der Waals surface area (Å²) in [7, 11) is -2.71. The Morgan fingerprint density at radius 3 is 2.35 bits per heavy atom. The Balaban J connectivity index is 4.63. The maximum Gasteiger partial charge on any atom is 0.220 e. The second kappa shape index (κ2) is 6.36. The number of carboxylic acid groups (broad SMARTS) is 2. The molecule has 0 saturated carbocycles. The first-order valence-corrected chi connectivity index (χ1v) is 6.58. The highest BCUT2D eigenvalue weighted by atomic mass is 31.2. The van der Waals surface area contributed by atoms with Crippen LogP contribution in [0.15, 0.2) is 0 Å². The molecule has 0 aromatic carbocycles. The van der Waals surface area contributed by atoms with Crippen LogP contribution in [0, 0.1) is 5.92 Å². The minimum absolute atomic E-state index is 0.301. The summed E-state index contributed by atoms with van der Waals surface area (Å²) in [4.78, 5) is 41.3. The number of hydrogen-bond donors (Lipinski definition) is 1. The molecule has 1 unspecified atom stereocenters. The summed E-state index contributed by atoms with van der Waals surface area (Å²) in [5, 5.41) is 20.8.